The minimum atomic E-state index is 0.106. The van der Waals surface area contributed by atoms with Gasteiger partial charge in [0.2, 0.25) is 0 Å². The van der Waals surface area contributed by atoms with Crippen molar-refractivity contribution in [2.45, 2.75) is 32.6 Å². The highest BCUT2D eigenvalue weighted by Gasteiger charge is 2.28. The van der Waals surface area contributed by atoms with Gasteiger partial charge in [0, 0.05) is 30.3 Å². The van der Waals surface area contributed by atoms with E-state index in [4.69, 9.17) is 4.98 Å². The van der Waals surface area contributed by atoms with E-state index in [0.717, 1.165) is 53.5 Å². The molecule has 3 heterocycles. The summed E-state index contributed by atoms with van der Waals surface area (Å²) in [4.78, 5) is 24.7. The van der Waals surface area contributed by atoms with Gasteiger partial charge in [0.1, 0.15) is 4.88 Å². The topological polar surface area (TPSA) is 46.1 Å². The fraction of sp³-hybridized carbons (Fsp3) is 0.318. The van der Waals surface area contributed by atoms with Gasteiger partial charge >= 0.3 is 0 Å². The number of benzene rings is 1. The number of rotatable bonds is 3. The summed E-state index contributed by atoms with van der Waals surface area (Å²) in [7, 11) is 0. The van der Waals surface area contributed by atoms with Crippen molar-refractivity contribution in [3.8, 4) is 11.3 Å². The molecular formula is C22H23N3OS. The van der Waals surface area contributed by atoms with E-state index < -0.39 is 0 Å². The number of pyridine rings is 1. The van der Waals surface area contributed by atoms with Crippen LogP contribution in [0.15, 0.2) is 48.0 Å². The molecule has 0 N–H and O–H groups in total. The second kappa shape index (κ2) is 7.61. The molecule has 1 amide bonds. The minimum Gasteiger partial charge on any atom is -0.337 e. The predicted octanol–water partition coefficient (Wildman–Crippen LogP) is 4.84. The van der Waals surface area contributed by atoms with Gasteiger partial charge in [-0.2, -0.15) is 0 Å². The first-order valence-electron chi connectivity index (χ1n) is 9.35. The molecule has 138 valence electrons. The molecule has 3 aromatic rings. The van der Waals surface area contributed by atoms with Crippen LogP contribution in [0.5, 0.6) is 0 Å². The van der Waals surface area contributed by atoms with Gasteiger partial charge in [0.25, 0.3) is 5.91 Å². The molecule has 0 radical (unpaired) electrons. The molecule has 1 fully saturated rings. The molecule has 27 heavy (non-hydrogen) atoms. The van der Waals surface area contributed by atoms with Crippen molar-refractivity contribution in [1.29, 1.82) is 0 Å². The Morgan fingerprint density at radius 3 is 2.81 bits per heavy atom. The smallest absolute Gasteiger partial charge is 0.265 e. The van der Waals surface area contributed by atoms with Gasteiger partial charge in [0.15, 0.2) is 0 Å². The average molecular weight is 378 g/mol. The van der Waals surface area contributed by atoms with Crippen LogP contribution in [0.1, 0.15) is 45.4 Å². The zero-order chi connectivity index (χ0) is 18.8. The Morgan fingerprint density at radius 2 is 2.04 bits per heavy atom. The fourth-order valence-corrected chi connectivity index (χ4v) is 4.47. The molecule has 1 atom stereocenters. The number of amides is 1. The maximum Gasteiger partial charge on any atom is 0.265 e. The summed E-state index contributed by atoms with van der Waals surface area (Å²) in [6, 6.07) is 14.7. The Morgan fingerprint density at radius 1 is 1.19 bits per heavy atom. The van der Waals surface area contributed by atoms with Crippen LogP contribution in [0.25, 0.3) is 11.3 Å². The highest BCUT2D eigenvalue weighted by Crippen LogP contribution is 2.29. The van der Waals surface area contributed by atoms with Crippen molar-refractivity contribution < 1.29 is 4.79 Å². The molecular weight excluding hydrogens is 354 g/mol. The second-order valence-corrected chi connectivity index (χ2v) is 8.03. The SMILES string of the molecule is Cc1cccc(-c2cccc([C@@H]3CCCN(C(=O)c4scnc4C)C3)n2)c1. The van der Waals surface area contributed by atoms with E-state index in [2.05, 4.69) is 54.4 Å². The number of hydrogen-bond acceptors (Lipinski definition) is 4. The number of hydrogen-bond donors (Lipinski definition) is 0. The second-order valence-electron chi connectivity index (χ2n) is 7.17. The molecule has 4 nitrogen and oxygen atoms in total. The van der Waals surface area contributed by atoms with E-state index in [1.807, 2.05) is 11.8 Å². The number of thiazole rings is 1. The Labute approximate surface area is 163 Å². The highest BCUT2D eigenvalue weighted by molar-refractivity contribution is 7.11. The van der Waals surface area contributed by atoms with Crippen LogP contribution < -0.4 is 0 Å². The molecule has 1 aliphatic rings. The van der Waals surface area contributed by atoms with E-state index in [9.17, 15) is 4.79 Å². The van der Waals surface area contributed by atoms with Crippen molar-refractivity contribution in [3.63, 3.8) is 0 Å². The van der Waals surface area contributed by atoms with Crippen molar-refractivity contribution in [2.24, 2.45) is 0 Å². The maximum absolute atomic E-state index is 12.9. The molecule has 0 bridgehead atoms. The predicted molar refractivity (Wildman–Crippen MR) is 109 cm³/mol. The van der Waals surface area contributed by atoms with Crippen LogP contribution in [0.3, 0.4) is 0 Å². The van der Waals surface area contributed by atoms with Crippen molar-refractivity contribution >= 4 is 17.2 Å². The number of nitrogens with zero attached hydrogens (tertiary/aromatic N) is 3. The number of likely N-dealkylation sites (tertiary alicyclic amines) is 1. The van der Waals surface area contributed by atoms with E-state index in [0.29, 0.717) is 0 Å². The van der Waals surface area contributed by atoms with Gasteiger partial charge in [-0.25, -0.2) is 4.98 Å². The summed E-state index contributed by atoms with van der Waals surface area (Å²) in [6.45, 7) is 5.53. The van der Waals surface area contributed by atoms with E-state index >= 15 is 0 Å². The van der Waals surface area contributed by atoms with Gasteiger partial charge in [-0.3, -0.25) is 9.78 Å². The standard InChI is InChI=1S/C22H23N3OS/c1-15-6-3-7-17(12-15)19-9-4-10-20(24-19)18-8-5-11-25(13-18)22(26)21-16(2)23-14-27-21/h3-4,6-7,9-10,12,14,18H,5,8,11,13H2,1-2H3/t18-/m1/s1. The third-order valence-electron chi connectivity index (χ3n) is 5.15. The van der Waals surface area contributed by atoms with Gasteiger partial charge in [-0.15, -0.1) is 11.3 Å². The number of carbonyl (C=O) groups is 1. The van der Waals surface area contributed by atoms with E-state index in [1.54, 1.807) is 5.51 Å². The van der Waals surface area contributed by atoms with Crippen molar-refractivity contribution in [1.82, 2.24) is 14.9 Å². The van der Waals surface area contributed by atoms with Crippen LogP contribution in [-0.4, -0.2) is 33.9 Å². The Hall–Kier alpha value is -2.53. The van der Waals surface area contributed by atoms with Gasteiger partial charge in [-0.1, -0.05) is 29.8 Å². The molecule has 5 heteroatoms. The molecule has 0 unspecified atom stereocenters. The largest absolute Gasteiger partial charge is 0.337 e. The summed E-state index contributed by atoms with van der Waals surface area (Å²) < 4.78 is 0. The molecule has 1 aliphatic heterocycles. The molecule has 0 aliphatic carbocycles. The molecule has 1 saturated heterocycles. The van der Waals surface area contributed by atoms with Gasteiger partial charge in [-0.05, 0) is 44.9 Å². The normalized spacial score (nSPS) is 17.1. The zero-order valence-corrected chi connectivity index (χ0v) is 16.5. The maximum atomic E-state index is 12.9. The number of carbonyl (C=O) groups excluding carboxylic acids is 1. The third-order valence-corrected chi connectivity index (χ3v) is 6.07. The Bertz CT molecular complexity index is 965. The minimum absolute atomic E-state index is 0.106. The van der Waals surface area contributed by atoms with Crippen molar-refractivity contribution in [2.75, 3.05) is 13.1 Å². The number of piperidine rings is 1. The summed E-state index contributed by atoms with van der Waals surface area (Å²) in [5.41, 5.74) is 7.02. The van der Waals surface area contributed by atoms with Crippen LogP contribution in [0.2, 0.25) is 0 Å². The van der Waals surface area contributed by atoms with Crippen molar-refractivity contribution in [3.05, 3.63) is 69.8 Å². The number of aryl methyl sites for hydroxylation is 2. The average Bonchev–Trinajstić information content (AvgIpc) is 3.13. The first kappa shape index (κ1) is 17.9. The molecule has 4 rings (SSSR count). The molecule has 0 spiro atoms. The Balaban J connectivity index is 1.56. The lowest BCUT2D eigenvalue weighted by Crippen LogP contribution is -2.39. The molecule has 2 aromatic heterocycles. The van der Waals surface area contributed by atoms with Crippen LogP contribution >= 0.6 is 11.3 Å². The monoisotopic (exact) mass is 377 g/mol. The summed E-state index contributed by atoms with van der Waals surface area (Å²) >= 11 is 1.43. The lowest BCUT2D eigenvalue weighted by Gasteiger charge is -2.32. The van der Waals surface area contributed by atoms with Crippen LogP contribution in [-0.2, 0) is 0 Å². The summed E-state index contributed by atoms with van der Waals surface area (Å²) in [5.74, 6) is 0.384. The van der Waals surface area contributed by atoms with Gasteiger partial charge < -0.3 is 4.90 Å². The quantitative estimate of drug-likeness (QED) is 0.656. The first-order valence-corrected chi connectivity index (χ1v) is 10.2. The first-order chi connectivity index (χ1) is 13.1. The zero-order valence-electron chi connectivity index (χ0n) is 15.7. The van der Waals surface area contributed by atoms with E-state index in [-0.39, 0.29) is 11.8 Å². The van der Waals surface area contributed by atoms with Crippen LogP contribution in [0, 0.1) is 13.8 Å². The lowest BCUT2D eigenvalue weighted by atomic mass is 9.93. The fourth-order valence-electron chi connectivity index (χ4n) is 3.70. The third kappa shape index (κ3) is 3.78. The summed E-state index contributed by atoms with van der Waals surface area (Å²) in [5, 5.41) is 0. The molecule has 0 saturated carbocycles. The van der Waals surface area contributed by atoms with E-state index in [1.165, 1.54) is 16.9 Å². The van der Waals surface area contributed by atoms with Gasteiger partial charge in [0.05, 0.1) is 16.9 Å². The summed E-state index contributed by atoms with van der Waals surface area (Å²) in [6.07, 6.45) is 2.07. The lowest BCUT2D eigenvalue weighted by molar-refractivity contribution is 0.0710. The molecule has 1 aromatic carbocycles. The Kier molecular flexibility index (Phi) is 5.03. The van der Waals surface area contributed by atoms with Crippen LogP contribution in [0.4, 0.5) is 0 Å². The number of aromatic nitrogens is 2. The highest BCUT2D eigenvalue weighted by atomic mass is 32.1.